The number of methoxy groups -OCH3 is 1. The molecule has 52 valence electrons. The number of rotatable bonds is 1. The van der Waals surface area contributed by atoms with E-state index in [0.29, 0.717) is 0 Å². The average molecular weight is 139 g/mol. The molecule has 0 fully saturated rings. The Bertz CT molecular complexity index is 224. The lowest BCUT2D eigenvalue weighted by Gasteiger charge is -1.92. The van der Waals surface area contributed by atoms with Crippen molar-refractivity contribution in [1.29, 1.82) is 0 Å². The molecule has 0 saturated heterocycles. The summed E-state index contributed by atoms with van der Waals surface area (Å²) in [6, 6.07) is 0. The zero-order chi connectivity index (χ0) is 7.40. The maximum atomic E-state index is 10.6. The molecule has 10 heavy (non-hydrogen) atoms. The first-order chi connectivity index (χ1) is 4.84. The Kier molecular flexibility index (Phi) is 1.89. The number of nitrogens with zero attached hydrogens (tertiary/aromatic N) is 3. The Labute approximate surface area is 57.1 Å². The van der Waals surface area contributed by atoms with Gasteiger partial charge < -0.3 is 4.74 Å². The number of ether oxygens (including phenoxy) is 1. The van der Waals surface area contributed by atoms with Crippen molar-refractivity contribution < 1.29 is 9.53 Å². The minimum atomic E-state index is -0.576. The number of carbonyl (C=O) groups excluding carboxylic acids is 1. The average Bonchev–Trinajstić information content (AvgIpc) is 2.05. The van der Waals surface area contributed by atoms with Crippen LogP contribution in [0, 0.1) is 0 Å². The number of esters is 1. The van der Waals surface area contributed by atoms with Crippen molar-refractivity contribution in [2.75, 3.05) is 7.11 Å². The van der Waals surface area contributed by atoms with Gasteiger partial charge in [-0.2, -0.15) is 5.10 Å². The van der Waals surface area contributed by atoms with Crippen LogP contribution in [0.25, 0.3) is 0 Å². The molecular formula is C5H5N3O2. The Morgan fingerprint density at radius 1 is 1.60 bits per heavy atom. The number of hydrogen-bond acceptors (Lipinski definition) is 5. The van der Waals surface area contributed by atoms with Gasteiger partial charge >= 0.3 is 5.97 Å². The number of aromatic nitrogens is 3. The van der Waals surface area contributed by atoms with E-state index >= 15 is 0 Å². The van der Waals surface area contributed by atoms with Crippen LogP contribution in [0.15, 0.2) is 12.4 Å². The minimum Gasteiger partial charge on any atom is -0.463 e. The molecule has 0 aliphatic heterocycles. The molecule has 0 spiro atoms. The molecule has 1 aromatic heterocycles. The highest BCUT2D eigenvalue weighted by atomic mass is 16.5. The summed E-state index contributed by atoms with van der Waals surface area (Å²) >= 11 is 0. The lowest BCUT2D eigenvalue weighted by Crippen LogP contribution is -2.07. The second-order valence-corrected chi connectivity index (χ2v) is 1.46. The summed E-state index contributed by atoms with van der Waals surface area (Å²) in [6.45, 7) is 0. The van der Waals surface area contributed by atoms with Gasteiger partial charge in [0.2, 0.25) is 0 Å². The van der Waals surface area contributed by atoms with Crippen molar-refractivity contribution in [3.05, 3.63) is 18.2 Å². The highest BCUT2D eigenvalue weighted by Gasteiger charge is 2.06. The van der Waals surface area contributed by atoms with E-state index in [1.807, 2.05) is 0 Å². The largest absolute Gasteiger partial charge is 0.463 e. The smallest absolute Gasteiger partial charge is 0.377 e. The van der Waals surface area contributed by atoms with E-state index in [1.54, 1.807) is 0 Å². The van der Waals surface area contributed by atoms with Crippen LogP contribution in [0.3, 0.4) is 0 Å². The Hall–Kier alpha value is -1.52. The van der Waals surface area contributed by atoms with Gasteiger partial charge in [-0.15, -0.1) is 5.10 Å². The van der Waals surface area contributed by atoms with Crippen molar-refractivity contribution in [2.24, 2.45) is 0 Å². The zero-order valence-corrected chi connectivity index (χ0v) is 5.31. The van der Waals surface area contributed by atoms with E-state index in [9.17, 15) is 4.79 Å². The first-order valence-electron chi connectivity index (χ1n) is 2.56. The van der Waals surface area contributed by atoms with Gasteiger partial charge in [0.15, 0.2) is 0 Å². The third-order valence-corrected chi connectivity index (χ3v) is 0.851. The molecule has 1 heterocycles. The molecule has 1 rings (SSSR count). The van der Waals surface area contributed by atoms with Crippen molar-refractivity contribution in [3.63, 3.8) is 0 Å². The molecule has 0 aliphatic rings. The third-order valence-electron chi connectivity index (χ3n) is 0.851. The van der Waals surface area contributed by atoms with Crippen molar-refractivity contribution in [3.8, 4) is 0 Å². The minimum absolute atomic E-state index is 0.0231. The van der Waals surface area contributed by atoms with Crippen molar-refractivity contribution in [2.45, 2.75) is 0 Å². The third kappa shape index (κ3) is 1.25. The number of carbonyl (C=O) groups is 1. The number of hydrogen-bond donors (Lipinski definition) is 0. The van der Waals surface area contributed by atoms with Crippen molar-refractivity contribution in [1.82, 2.24) is 15.2 Å². The first-order valence-corrected chi connectivity index (χ1v) is 2.56. The van der Waals surface area contributed by atoms with Gasteiger partial charge in [0.05, 0.1) is 13.3 Å². The molecular weight excluding hydrogens is 134 g/mol. The van der Waals surface area contributed by atoms with Gasteiger partial charge in [0.1, 0.15) is 0 Å². The van der Waals surface area contributed by atoms with E-state index in [4.69, 9.17) is 0 Å². The fourth-order valence-electron chi connectivity index (χ4n) is 0.432. The van der Waals surface area contributed by atoms with Gasteiger partial charge in [-0.25, -0.2) is 9.78 Å². The quantitative estimate of drug-likeness (QED) is 0.498. The van der Waals surface area contributed by atoms with Crippen LogP contribution in [0.1, 0.15) is 10.6 Å². The van der Waals surface area contributed by atoms with Gasteiger partial charge in [-0.05, 0) is 0 Å². The second kappa shape index (κ2) is 2.86. The summed E-state index contributed by atoms with van der Waals surface area (Å²) in [5.41, 5.74) is 0. The first kappa shape index (κ1) is 6.60. The molecule has 0 saturated carbocycles. The van der Waals surface area contributed by atoms with E-state index < -0.39 is 5.97 Å². The van der Waals surface area contributed by atoms with Crippen LogP contribution >= 0.6 is 0 Å². The fraction of sp³-hybridized carbons (Fsp3) is 0.200. The van der Waals surface area contributed by atoms with Crippen molar-refractivity contribution >= 4 is 5.97 Å². The zero-order valence-electron chi connectivity index (χ0n) is 5.31. The Morgan fingerprint density at radius 2 is 2.40 bits per heavy atom. The predicted molar refractivity (Wildman–Crippen MR) is 31.2 cm³/mol. The topological polar surface area (TPSA) is 65.0 Å². The highest BCUT2D eigenvalue weighted by Crippen LogP contribution is 1.86. The summed E-state index contributed by atoms with van der Waals surface area (Å²) in [5.74, 6) is -0.599. The summed E-state index contributed by atoms with van der Waals surface area (Å²) in [4.78, 5) is 14.2. The predicted octanol–water partition coefficient (Wildman–Crippen LogP) is -0.342. The van der Waals surface area contributed by atoms with Gasteiger partial charge in [-0.1, -0.05) is 0 Å². The van der Waals surface area contributed by atoms with Crippen LogP contribution in [0.5, 0.6) is 0 Å². The maximum absolute atomic E-state index is 10.6. The molecule has 0 amide bonds. The summed E-state index contributed by atoms with van der Waals surface area (Å²) in [6.07, 6.45) is 2.76. The summed E-state index contributed by atoms with van der Waals surface area (Å²) in [7, 11) is 1.26. The molecule has 0 aromatic carbocycles. The van der Waals surface area contributed by atoms with Gasteiger partial charge in [0.25, 0.3) is 5.82 Å². The Morgan fingerprint density at radius 3 is 2.90 bits per heavy atom. The Balaban J connectivity index is 2.85. The molecule has 1 aromatic rings. The van der Waals surface area contributed by atoms with Gasteiger partial charge in [-0.3, -0.25) is 0 Å². The molecule has 0 bridgehead atoms. The molecule has 0 unspecified atom stereocenters. The van der Waals surface area contributed by atoms with E-state index in [-0.39, 0.29) is 5.82 Å². The lowest BCUT2D eigenvalue weighted by atomic mass is 10.6. The van der Waals surface area contributed by atoms with E-state index in [0.717, 1.165) is 0 Å². The van der Waals surface area contributed by atoms with Crippen LogP contribution in [0.2, 0.25) is 0 Å². The van der Waals surface area contributed by atoms with E-state index in [2.05, 4.69) is 19.9 Å². The summed E-state index contributed by atoms with van der Waals surface area (Å²) in [5, 5.41) is 6.85. The van der Waals surface area contributed by atoms with E-state index in [1.165, 1.54) is 19.5 Å². The van der Waals surface area contributed by atoms with Crippen LogP contribution in [0.4, 0.5) is 0 Å². The van der Waals surface area contributed by atoms with Crippen LogP contribution in [-0.2, 0) is 4.74 Å². The second-order valence-electron chi connectivity index (χ2n) is 1.46. The summed E-state index contributed by atoms with van der Waals surface area (Å²) < 4.78 is 4.33. The fourth-order valence-corrected chi connectivity index (χ4v) is 0.432. The highest BCUT2D eigenvalue weighted by molar-refractivity contribution is 5.84. The SMILES string of the molecule is COC(=O)c1nccnn1. The van der Waals surface area contributed by atoms with Crippen LogP contribution in [-0.4, -0.2) is 28.3 Å². The molecule has 0 N–H and O–H groups in total. The normalized spacial score (nSPS) is 8.90. The maximum Gasteiger partial charge on any atom is 0.377 e. The molecule has 0 radical (unpaired) electrons. The molecule has 0 aliphatic carbocycles. The standard InChI is InChI=1S/C5H5N3O2/c1-10-5(9)4-6-2-3-7-8-4/h2-3H,1H3. The monoisotopic (exact) mass is 139 g/mol. The molecule has 5 heteroatoms. The van der Waals surface area contributed by atoms with Gasteiger partial charge in [0, 0.05) is 6.20 Å². The lowest BCUT2D eigenvalue weighted by molar-refractivity contribution is 0.0585. The van der Waals surface area contributed by atoms with Crippen LogP contribution < -0.4 is 0 Å². The molecule has 0 atom stereocenters. The molecule has 5 nitrogen and oxygen atoms in total.